The van der Waals surface area contributed by atoms with E-state index in [0.29, 0.717) is 6.04 Å². The van der Waals surface area contributed by atoms with Crippen molar-refractivity contribution in [2.45, 2.75) is 40.2 Å². The van der Waals surface area contributed by atoms with Gasteiger partial charge in [-0.15, -0.1) is 0 Å². The number of hydrogen-bond donors (Lipinski definition) is 0. The Labute approximate surface area is 83.7 Å². The van der Waals surface area contributed by atoms with Gasteiger partial charge in [0, 0.05) is 12.3 Å². The molecule has 0 aromatic carbocycles. The highest BCUT2D eigenvalue weighted by atomic mass is 15.3. The Hall–Kier alpha value is -0.480. The monoisotopic (exact) mass is 182 g/mol. The van der Waals surface area contributed by atoms with E-state index in [1.807, 2.05) is 0 Å². The minimum absolute atomic E-state index is 0.672. The molecule has 0 aromatic heterocycles. The lowest BCUT2D eigenvalue weighted by atomic mass is 10.0. The van der Waals surface area contributed by atoms with Gasteiger partial charge in [-0.3, -0.25) is 0 Å². The summed E-state index contributed by atoms with van der Waals surface area (Å²) in [5, 5.41) is 0. The lowest BCUT2D eigenvalue weighted by molar-refractivity contribution is -0.909. The maximum Gasteiger partial charge on any atom is 0.140 e. The Morgan fingerprint density at radius 1 is 1.08 bits per heavy atom. The van der Waals surface area contributed by atoms with Gasteiger partial charge >= 0.3 is 0 Å². The molecule has 0 rings (SSSR count). The van der Waals surface area contributed by atoms with Crippen molar-refractivity contribution >= 4 is 0 Å². The number of quaternary nitrogens is 1. The predicted octanol–water partition coefficient (Wildman–Crippen LogP) is 2.52. The molecule has 13 heavy (non-hydrogen) atoms. The van der Waals surface area contributed by atoms with Crippen molar-refractivity contribution in [2.24, 2.45) is 5.92 Å². The van der Waals surface area contributed by atoms with E-state index >= 15 is 0 Å². The number of nitrogens with zero attached hydrogens (tertiary/aromatic N) is 1. The first kappa shape index (κ1) is 12.5. The van der Waals surface area contributed by atoms with Crippen molar-refractivity contribution in [3.8, 4) is 11.8 Å². The van der Waals surface area contributed by atoms with Gasteiger partial charge in [-0.2, -0.15) is 0 Å². The van der Waals surface area contributed by atoms with Crippen molar-refractivity contribution < 1.29 is 4.48 Å². The van der Waals surface area contributed by atoms with Crippen LogP contribution in [-0.4, -0.2) is 31.2 Å². The zero-order valence-electron chi connectivity index (χ0n) is 10.0. The smallest absolute Gasteiger partial charge is 0.140 e. The quantitative estimate of drug-likeness (QED) is 0.465. The summed E-state index contributed by atoms with van der Waals surface area (Å²) in [5.41, 5.74) is 0. The van der Waals surface area contributed by atoms with Crippen molar-refractivity contribution in [1.82, 2.24) is 0 Å². The summed E-state index contributed by atoms with van der Waals surface area (Å²) in [4.78, 5) is 0. The van der Waals surface area contributed by atoms with Crippen molar-refractivity contribution in [1.29, 1.82) is 0 Å². The summed E-state index contributed by atoms with van der Waals surface area (Å²) < 4.78 is 1.00. The second-order valence-electron chi connectivity index (χ2n) is 4.63. The molecule has 0 heterocycles. The van der Waals surface area contributed by atoms with Crippen LogP contribution in [0.3, 0.4) is 0 Å². The van der Waals surface area contributed by atoms with Crippen LogP contribution in [0.1, 0.15) is 34.1 Å². The standard InChI is InChI=1S/C12H24N/c1-7-8-9-10-13(5,6)12(4)11(2)3/h11-12H,7,10H2,1-6H3/q+1. The van der Waals surface area contributed by atoms with Gasteiger partial charge in [0.25, 0.3) is 0 Å². The first-order valence-corrected chi connectivity index (χ1v) is 5.20. The first-order chi connectivity index (χ1) is 5.91. The fraction of sp³-hybridized carbons (Fsp3) is 0.833. The molecule has 1 nitrogen and oxygen atoms in total. The maximum atomic E-state index is 3.23. The summed E-state index contributed by atoms with van der Waals surface area (Å²) in [6, 6.07) is 0.672. The SMILES string of the molecule is CCC#CC[N+](C)(C)C(C)C(C)C. The van der Waals surface area contributed by atoms with Crippen LogP contribution < -0.4 is 0 Å². The van der Waals surface area contributed by atoms with Crippen LogP contribution in [0, 0.1) is 17.8 Å². The fourth-order valence-electron chi connectivity index (χ4n) is 1.34. The van der Waals surface area contributed by atoms with Crippen LogP contribution in [-0.2, 0) is 0 Å². The third-order valence-corrected chi connectivity index (χ3v) is 2.86. The summed E-state index contributed by atoms with van der Waals surface area (Å²) in [7, 11) is 4.52. The van der Waals surface area contributed by atoms with Gasteiger partial charge in [0.05, 0.1) is 20.1 Å². The van der Waals surface area contributed by atoms with Crippen LogP contribution in [0.4, 0.5) is 0 Å². The molecule has 1 unspecified atom stereocenters. The van der Waals surface area contributed by atoms with Crippen molar-refractivity contribution in [2.75, 3.05) is 20.6 Å². The van der Waals surface area contributed by atoms with Crippen LogP contribution in [0.15, 0.2) is 0 Å². The Kier molecular flexibility index (Phi) is 5.10. The molecule has 0 aliphatic rings. The minimum Gasteiger partial charge on any atom is -0.316 e. The molecule has 0 aliphatic carbocycles. The predicted molar refractivity (Wildman–Crippen MR) is 59.3 cm³/mol. The fourth-order valence-corrected chi connectivity index (χ4v) is 1.34. The molecule has 0 aromatic rings. The van der Waals surface area contributed by atoms with E-state index in [-0.39, 0.29) is 0 Å². The Morgan fingerprint density at radius 2 is 1.62 bits per heavy atom. The summed E-state index contributed by atoms with van der Waals surface area (Å²) in [6.45, 7) is 9.92. The first-order valence-electron chi connectivity index (χ1n) is 5.20. The van der Waals surface area contributed by atoms with E-state index < -0.39 is 0 Å². The normalized spacial score (nSPS) is 13.8. The Bertz CT molecular complexity index is 193. The summed E-state index contributed by atoms with van der Waals surface area (Å²) in [5.74, 6) is 7.09. The molecule has 0 amide bonds. The molecule has 1 heteroatoms. The van der Waals surface area contributed by atoms with Gasteiger partial charge in [-0.05, 0) is 12.8 Å². The molecule has 0 fully saturated rings. The highest BCUT2D eigenvalue weighted by Gasteiger charge is 2.25. The lowest BCUT2D eigenvalue weighted by Gasteiger charge is -2.36. The van der Waals surface area contributed by atoms with Crippen molar-refractivity contribution in [3.63, 3.8) is 0 Å². The van der Waals surface area contributed by atoms with Gasteiger partial charge < -0.3 is 4.48 Å². The molecule has 0 bridgehead atoms. The molecule has 0 N–H and O–H groups in total. The summed E-state index contributed by atoms with van der Waals surface area (Å²) in [6.07, 6.45) is 0.968. The van der Waals surface area contributed by atoms with Gasteiger partial charge in [0.1, 0.15) is 6.54 Å². The average Bonchev–Trinajstić information content (AvgIpc) is 2.03. The topological polar surface area (TPSA) is 0 Å². The second kappa shape index (κ2) is 5.29. The van der Waals surface area contributed by atoms with E-state index in [2.05, 4.69) is 53.6 Å². The highest BCUT2D eigenvalue weighted by molar-refractivity contribution is 4.98. The van der Waals surface area contributed by atoms with Gasteiger partial charge in [0.2, 0.25) is 0 Å². The number of hydrogen-bond acceptors (Lipinski definition) is 0. The third-order valence-electron chi connectivity index (χ3n) is 2.86. The van der Waals surface area contributed by atoms with E-state index in [4.69, 9.17) is 0 Å². The zero-order valence-corrected chi connectivity index (χ0v) is 10.0. The summed E-state index contributed by atoms with van der Waals surface area (Å²) >= 11 is 0. The molecule has 0 saturated heterocycles. The van der Waals surface area contributed by atoms with E-state index in [1.54, 1.807) is 0 Å². The average molecular weight is 182 g/mol. The van der Waals surface area contributed by atoms with Crippen LogP contribution in [0.25, 0.3) is 0 Å². The van der Waals surface area contributed by atoms with E-state index in [1.165, 1.54) is 0 Å². The zero-order chi connectivity index (χ0) is 10.5. The van der Waals surface area contributed by atoms with E-state index in [9.17, 15) is 0 Å². The minimum atomic E-state index is 0.672. The molecule has 1 atom stereocenters. The Balaban J connectivity index is 4.21. The van der Waals surface area contributed by atoms with Crippen LogP contribution in [0.2, 0.25) is 0 Å². The third kappa shape index (κ3) is 4.33. The van der Waals surface area contributed by atoms with Crippen LogP contribution in [0.5, 0.6) is 0 Å². The highest BCUT2D eigenvalue weighted by Crippen LogP contribution is 2.14. The van der Waals surface area contributed by atoms with E-state index in [0.717, 1.165) is 23.4 Å². The maximum absolute atomic E-state index is 3.23. The molecule has 0 radical (unpaired) electrons. The largest absolute Gasteiger partial charge is 0.316 e. The molecule has 0 spiro atoms. The molecular formula is C12H24N+. The molecule has 0 aliphatic heterocycles. The molecular weight excluding hydrogens is 158 g/mol. The van der Waals surface area contributed by atoms with Gasteiger partial charge in [0.15, 0.2) is 0 Å². The van der Waals surface area contributed by atoms with Gasteiger partial charge in [-0.25, -0.2) is 0 Å². The Morgan fingerprint density at radius 3 is 2.00 bits per heavy atom. The second-order valence-corrected chi connectivity index (χ2v) is 4.63. The lowest BCUT2D eigenvalue weighted by Crippen LogP contribution is -2.49. The van der Waals surface area contributed by atoms with Gasteiger partial charge in [-0.1, -0.05) is 26.7 Å². The molecule has 76 valence electrons. The van der Waals surface area contributed by atoms with Crippen LogP contribution >= 0.6 is 0 Å². The molecule has 0 saturated carbocycles. The van der Waals surface area contributed by atoms with Crippen molar-refractivity contribution in [3.05, 3.63) is 0 Å². The number of rotatable bonds is 3.